The number of aromatic nitrogens is 2. The van der Waals surface area contributed by atoms with E-state index in [1.165, 1.54) is 6.07 Å². The first-order valence-electron chi connectivity index (χ1n) is 7.12. The predicted octanol–water partition coefficient (Wildman–Crippen LogP) is 4.14. The van der Waals surface area contributed by atoms with Gasteiger partial charge in [-0.1, -0.05) is 26.0 Å². The molecule has 0 fully saturated rings. The largest absolute Gasteiger partial charge is 0.312 e. The van der Waals surface area contributed by atoms with E-state index in [1.54, 1.807) is 10.7 Å². The maximum atomic E-state index is 14.3. The van der Waals surface area contributed by atoms with E-state index in [-0.39, 0.29) is 5.82 Å². The Balaban J connectivity index is 2.40. The molecule has 0 aliphatic rings. The van der Waals surface area contributed by atoms with Crippen molar-refractivity contribution in [1.82, 2.24) is 15.1 Å². The van der Waals surface area contributed by atoms with Crippen molar-refractivity contribution in [3.63, 3.8) is 0 Å². The molecule has 0 saturated carbocycles. The zero-order valence-electron chi connectivity index (χ0n) is 12.9. The van der Waals surface area contributed by atoms with E-state index >= 15 is 0 Å². The van der Waals surface area contributed by atoms with Gasteiger partial charge in [0.15, 0.2) is 0 Å². The number of halogens is 2. The van der Waals surface area contributed by atoms with E-state index in [4.69, 9.17) is 0 Å². The minimum Gasteiger partial charge on any atom is -0.312 e. The second-order valence-corrected chi connectivity index (χ2v) is 6.46. The summed E-state index contributed by atoms with van der Waals surface area (Å²) < 4.78 is 16.9. The monoisotopic (exact) mass is 353 g/mol. The molecule has 3 nitrogen and oxygen atoms in total. The van der Waals surface area contributed by atoms with Gasteiger partial charge in [0, 0.05) is 6.54 Å². The molecule has 5 heteroatoms. The summed E-state index contributed by atoms with van der Waals surface area (Å²) in [5.41, 5.74) is 3.20. The standard InChI is InChI=1S/C16H21BrFN3/c1-10(2)8-19-9-13-6-5-7-14(18)16(13)21-12(4)15(17)11(3)20-21/h5-7,10,19H,8-9H2,1-4H3. The quantitative estimate of drug-likeness (QED) is 0.875. The first-order chi connectivity index (χ1) is 9.91. The number of rotatable bonds is 5. The van der Waals surface area contributed by atoms with Crippen LogP contribution < -0.4 is 5.32 Å². The molecule has 0 atom stereocenters. The van der Waals surface area contributed by atoms with Crippen LogP contribution in [0.1, 0.15) is 30.8 Å². The van der Waals surface area contributed by atoms with Crippen molar-refractivity contribution >= 4 is 15.9 Å². The van der Waals surface area contributed by atoms with Gasteiger partial charge < -0.3 is 5.32 Å². The van der Waals surface area contributed by atoms with Crippen LogP contribution in [0, 0.1) is 25.6 Å². The van der Waals surface area contributed by atoms with Gasteiger partial charge in [-0.25, -0.2) is 9.07 Å². The van der Waals surface area contributed by atoms with Gasteiger partial charge in [-0.15, -0.1) is 0 Å². The van der Waals surface area contributed by atoms with Gasteiger partial charge in [0.25, 0.3) is 0 Å². The smallest absolute Gasteiger partial charge is 0.149 e. The molecule has 0 radical (unpaired) electrons. The third-order valence-corrected chi connectivity index (χ3v) is 4.50. The van der Waals surface area contributed by atoms with Crippen LogP contribution in [0.5, 0.6) is 0 Å². The number of para-hydroxylation sites is 1. The first-order valence-corrected chi connectivity index (χ1v) is 7.91. The van der Waals surface area contributed by atoms with E-state index in [1.807, 2.05) is 19.9 Å². The minimum atomic E-state index is -0.253. The number of nitrogens with one attached hydrogen (secondary N) is 1. The SMILES string of the molecule is Cc1nn(-c2c(F)cccc2CNCC(C)C)c(C)c1Br. The summed E-state index contributed by atoms with van der Waals surface area (Å²) in [7, 11) is 0. The van der Waals surface area contributed by atoms with Gasteiger partial charge in [0.05, 0.1) is 15.9 Å². The van der Waals surface area contributed by atoms with Crippen LogP contribution in [-0.2, 0) is 6.54 Å². The molecular weight excluding hydrogens is 333 g/mol. The number of hydrogen-bond acceptors (Lipinski definition) is 2. The van der Waals surface area contributed by atoms with Crippen molar-refractivity contribution in [2.45, 2.75) is 34.2 Å². The van der Waals surface area contributed by atoms with Crippen LogP contribution in [0.15, 0.2) is 22.7 Å². The van der Waals surface area contributed by atoms with Crippen molar-refractivity contribution in [3.05, 3.63) is 45.4 Å². The molecule has 1 heterocycles. The van der Waals surface area contributed by atoms with Gasteiger partial charge in [-0.05, 0) is 53.9 Å². The first kappa shape index (κ1) is 16.2. The zero-order chi connectivity index (χ0) is 15.6. The Labute approximate surface area is 133 Å². The number of aryl methyl sites for hydroxylation is 1. The Morgan fingerprint density at radius 2 is 2.05 bits per heavy atom. The third kappa shape index (κ3) is 3.52. The van der Waals surface area contributed by atoms with Crippen molar-refractivity contribution in [2.24, 2.45) is 5.92 Å². The molecule has 0 spiro atoms. The van der Waals surface area contributed by atoms with E-state index in [9.17, 15) is 4.39 Å². The molecule has 1 N–H and O–H groups in total. The van der Waals surface area contributed by atoms with E-state index < -0.39 is 0 Å². The lowest BCUT2D eigenvalue weighted by molar-refractivity contribution is 0.546. The summed E-state index contributed by atoms with van der Waals surface area (Å²) in [6, 6.07) is 5.16. The van der Waals surface area contributed by atoms with Crippen LogP contribution in [0.2, 0.25) is 0 Å². The molecule has 0 aliphatic heterocycles. The number of hydrogen-bond donors (Lipinski definition) is 1. The average Bonchev–Trinajstić information content (AvgIpc) is 2.66. The van der Waals surface area contributed by atoms with Crippen LogP contribution >= 0.6 is 15.9 Å². The Hall–Kier alpha value is -1.20. The van der Waals surface area contributed by atoms with E-state index in [2.05, 4.69) is 40.2 Å². The van der Waals surface area contributed by atoms with Crippen LogP contribution in [0.3, 0.4) is 0 Å². The Morgan fingerprint density at radius 3 is 2.62 bits per heavy atom. The summed E-state index contributed by atoms with van der Waals surface area (Å²) >= 11 is 3.50. The summed E-state index contributed by atoms with van der Waals surface area (Å²) in [6.07, 6.45) is 0. The molecule has 0 saturated heterocycles. The highest BCUT2D eigenvalue weighted by molar-refractivity contribution is 9.10. The lowest BCUT2D eigenvalue weighted by Crippen LogP contribution is -2.20. The predicted molar refractivity (Wildman–Crippen MR) is 87.2 cm³/mol. The molecule has 0 aliphatic carbocycles. The van der Waals surface area contributed by atoms with E-state index in [0.29, 0.717) is 18.2 Å². The average molecular weight is 354 g/mol. The summed E-state index contributed by atoms with van der Waals surface area (Å²) in [5, 5.41) is 7.81. The van der Waals surface area contributed by atoms with Crippen molar-refractivity contribution in [3.8, 4) is 5.69 Å². The molecule has 2 aromatic rings. The Kier molecular flexibility index (Phi) is 5.17. The summed E-state index contributed by atoms with van der Waals surface area (Å²) in [6.45, 7) is 9.67. The van der Waals surface area contributed by atoms with Crippen LogP contribution in [-0.4, -0.2) is 16.3 Å². The van der Waals surface area contributed by atoms with Crippen LogP contribution in [0.25, 0.3) is 5.69 Å². The van der Waals surface area contributed by atoms with Gasteiger partial charge >= 0.3 is 0 Å². The highest BCUT2D eigenvalue weighted by Gasteiger charge is 2.16. The summed E-state index contributed by atoms with van der Waals surface area (Å²) in [4.78, 5) is 0. The molecule has 1 aromatic carbocycles. The molecule has 0 unspecified atom stereocenters. The normalized spacial score (nSPS) is 11.4. The molecule has 114 valence electrons. The third-order valence-electron chi connectivity index (χ3n) is 3.35. The number of nitrogens with zero attached hydrogens (tertiary/aromatic N) is 2. The van der Waals surface area contributed by atoms with Crippen molar-refractivity contribution < 1.29 is 4.39 Å². The second-order valence-electron chi connectivity index (χ2n) is 5.67. The fourth-order valence-electron chi connectivity index (χ4n) is 2.28. The molecule has 21 heavy (non-hydrogen) atoms. The fraction of sp³-hybridized carbons (Fsp3) is 0.438. The zero-order valence-corrected chi connectivity index (χ0v) is 14.5. The Morgan fingerprint density at radius 1 is 1.33 bits per heavy atom. The Bertz CT molecular complexity index is 635. The number of benzene rings is 1. The van der Waals surface area contributed by atoms with Crippen molar-refractivity contribution in [1.29, 1.82) is 0 Å². The van der Waals surface area contributed by atoms with Gasteiger partial charge in [0.1, 0.15) is 11.5 Å². The topological polar surface area (TPSA) is 29.9 Å². The summed E-state index contributed by atoms with van der Waals surface area (Å²) in [5.74, 6) is 0.307. The molecule has 0 amide bonds. The van der Waals surface area contributed by atoms with Gasteiger partial charge in [0.2, 0.25) is 0 Å². The molecule has 2 rings (SSSR count). The van der Waals surface area contributed by atoms with Gasteiger partial charge in [-0.3, -0.25) is 0 Å². The van der Waals surface area contributed by atoms with Crippen molar-refractivity contribution in [2.75, 3.05) is 6.54 Å². The lowest BCUT2D eigenvalue weighted by atomic mass is 10.1. The molecular formula is C16H21BrFN3. The highest BCUT2D eigenvalue weighted by Crippen LogP contribution is 2.26. The minimum absolute atomic E-state index is 0.253. The maximum Gasteiger partial charge on any atom is 0.149 e. The second kappa shape index (κ2) is 6.71. The van der Waals surface area contributed by atoms with Gasteiger partial charge in [-0.2, -0.15) is 5.10 Å². The molecule has 1 aromatic heterocycles. The fourth-order valence-corrected chi connectivity index (χ4v) is 2.52. The van der Waals surface area contributed by atoms with Crippen LogP contribution in [0.4, 0.5) is 4.39 Å². The lowest BCUT2D eigenvalue weighted by Gasteiger charge is -2.14. The molecule has 0 bridgehead atoms. The maximum absolute atomic E-state index is 14.3. The van der Waals surface area contributed by atoms with E-state index in [0.717, 1.165) is 28.0 Å². The highest BCUT2D eigenvalue weighted by atomic mass is 79.9.